The molecule has 0 amide bonds. The summed E-state index contributed by atoms with van der Waals surface area (Å²) in [7, 11) is 0. The minimum atomic E-state index is -1.37. The van der Waals surface area contributed by atoms with Crippen LogP contribution in [0.2, 0.25) is 0 Å². The molecule has 1 fully saturated rings. The van der Waals surface area contributed by atoms with Gasteiger partial charge in [-0.25, -0.2) is 4.39 Å². The number of rotatable bonds is 8. The van der Waals surface area contributed by atoms with Crippen LogP contribution in [0, 0.1) is 23.6 Å². The van der Waals surface area contributed by atoms with Gasteiger partial charge in [0.1, 0.15) is 5.75 Å². The van der Waals surface area contributed by atoms with E-state index in [0.717, 1.165) is 63.4 Å². The summed E-state index contributed by atoms with van der Waals surface area (Å²) >= 11 is 0. The third-order valence-corrected chi connectivity index (χ3v) is 5.75. The molecule has 1 heterocycles. The van der Waals surface area contributed by atoms with Gasteiger partial charge in [0.25, 0.3) is 5.95 Å². The zero-order chi connectivity index (χ0) is 19.9. The highest BCUT2D eigenvalue weighted by atomic mass is 19.2. The second-order valence-electron chi connectivity index (χ2n) is 7.74. The Hall–Kier alpha value is -2.04. The third kappa shape index (κ3) is 5.49. The van der Waals surface area contributed by atoms with Gasteiger partial charge in [-0.05, 0) is 80.5 Å². The lowest BCUT2D eigenvalue weighted by Gasteiger charge is -2.29. The van der Waals surface area contributed by atoms with E-state index in [-0.39, 0.29) is 5.56 Å². The number of benzene rings is 1. The van der Waals surface area contributed by atoms with Crippen molar-refractivity contribution >= 4 is 0 Å². The van der Waals surface area contributed by atoms with Crippen molar-refractivity contribution in [1.29, 1.82) is 0 Å². The van der Waals surface area contributed by atoms with Crippen LogP contribution in [0.25, 0.3) is 0 Å². The first-order valence-electron chi connectivity index (χ1n) is 10.3. The summed E-state index contributed by atoms with van der Waals surface area (Å²) in [5.74, 6) is -1.39. The van der Waals surface area contributed by atoms with Crippen LogP contribution in [-0.2, 0) is 6.42 Å². The molecule has 2 aromatic rings. The molecule has 2 nitrogen and oxygen atoms in total. The van der Waals surface area contributed by atoms with Crippen molar-refractivity contribution in [2.75, 3.05) is 6.61 Å². The Kier molecular flexibility index (Phi) is 7.35. The predicted octanol–water partition coefficient (Wildman–Crippen LogP) is 6.58. The van der Waals surface area contributed by atoms with Crippen LogP contribution in [0.5, 0.6) is 5.75 Å². The zero-order valence-electron chi connectivity index (χ0n) is 16.4. The fraction of sp³-hybridized carbons (Fsp3) is 0.522. The first kappa shape index (κ1) is 20.7. The second-order valence-corrected chi connectivity index (χ2v) is 7.74. The van der Waals surface area contributed by atoms with Gasteiger partial charge in [0, 0.05) is 5.56 Å². The third-order valence-electron chi connectivity index (χ3n) is 5.75. The molecule has 0 atom stereocenters. The Morgan fingerprint density at radius 1 is 1.00 bits per heavy atom. The van der Waals surface area contributed by atoms with Gasteiger partial charge in [-0.1, -0.05) is 25.5 Å². The number of aryl methyl sites for hydroxylation is 1. The number of halogens is 3. The molecule has 0 aliphatic heterocycles. The van der Waals surface area contributed by atoms with E-state index in [9.17, 15) is 13.2 Å². The lowest BCUT2D eigenvalue weighted by molar-refractivity contribution is 0.305. The molecule has 1 aromatic carbocycles. The highest BCUT2D eigenvalue weighted by molar-refractivity contribution is 5.29. The van der Waals surface area contributed by atoms with Crippen LogP contribution >= 0.6 is 0 Å². The molecule has 28 heavy (non-hydrogen) atoms. The fourth-order valence-corrected chi connectivity index (χ4v) is 3.97. The normalized spacial score (nSPS) is 19.6. The second kappa shape index (κ2) is 9.94. The zero-order valence-corrected chi connectivity index (χ0v) is 16.4. The van der Waals surface area contributed by atoms with Crippen molar-refractivity contribution in [2.45, 2.75) is 64.2 Å². The molecule has 0 bridgehead atoms. The highest BCUT2D eigenvalue weighted by Gasteiger charge is 2.23. The summed E-state index contributed by atoms with van der Waals surface area (Å²) in [5, 5.41) is 0. The summed E-state index contributed by atoms with van der Waals surface area (Å²) < 4.78 is 45.6. The van der Waals surface area contributed by atoms with E-state index in [1.54, 1.807) is 0 Å². The Labute approximate surface area is 165 Å². The van der Waals surface area contributed by atoms with Crippen molar-refractivity contribution in [3.8, 4) is 5.75 Å². The van der Waals surface area contributed by atoms with E-state index < -0.39 is 17.7 Å². The molecule has 0 N–H and O–H groups in total. The van der Waals surface area contributed by atoms with Gasteiger partial charge in [0.15, 0.2) is 5.82 Å². The molecule has 1 aromatic heterocycles. The van der Waals surface area contributed by atoms with Gasteiger partial charge in [0.05, 0.1) is 6.61 Å². The number of pyridine rings is 1. The molecule has 1 aliphatic carbocycles. The number of ether oxygens (including phenoxy) is 1. The highest BCUT2D eigenvalue weighted by Crippen LogP contribution is 2.38. The van der Waals surface area contributed by atoms with E-state index in [0.29, 0.717) is 18.3 Å². The van der Waals surface area contributed by atoms with Gasteiger partial charge in [-0.3, -0.25) is 0 Å². The summed E-state index contributed by atoms with van der Waals surface area (Å²) in [4.78, 5) is 3.00. The maximum absolute atomic E-state index is 13.7. The van der Waals surface area contributed by atoms with Crippen molar-refractivity contribution in [3.05, 3.63) is 59.2 Å². The van der Waals surface area contributed by atoms with E-state index >= 15 is 0 Å². The maximum Gasteiger partial charge on any atom is 0.251 e. The van der Waals surface area contributed by atoms with Crippen LogP contribution in [0.4, 0.5) is 13.2 Å². The standard InChI is InChI=1S/C23H28F3NO/c1-2-3-14-28-20-12-10-18(11-13-20)17-7-4-16(5-8-17)6-9-19-15-21(24)23(26)27-22(19)25/h10-13,15-17H,2-9,14H2,1H3. The van der Waals surface area contributed by atoms with Crippen LogP contribution in [0.1, 0.15) is 68.9 Å². The molecule has 0 spiro atoms. The van der Waals surface area contributed by atoms with Gasteiger partial charge < -0.3 is 4.74 Å². The summed E-state index contributed by atoms with van der Waals surface area (Å²) in [5.41, 5.74) is 1.51. The molecule has 5 heteroatoms. The molecule has 1 saturated carbocycles. The molecule has 3 rings (SSSR count). The Morgan fingerprint density at radius 3 is 2.39 bits per heavy atom. The Bertz CT molecular complexity index is 755. The van der Waals surface area contributed by atoms with Crippen molar-refractivity contribution in [3.63, 3.8) is 0 Å². The average Bonchev–Trinajstić information content (AvgIpc) is 2.71. The van der Waals surface area contributed by atoms with Gasteiger partial charge in [-0.15, -0.1) is 0 Å². The van der Waals surface area contributed by atoms with Crippen LogP contribution in [0.3, 0.4) is 0 Å². The first-order chi connectivity index (χ1) is 13.6. The van der Waals surface area contributed by atoms with Crippen molar-refractivity contribution in [1.82, 2.24) is 4.98 Å². The largest absolute Gasteiger partial charge is 0.494 e. The van der Waals surface area contributed by atoms with Crippen molar-refractivity contribution in [2.24, 2.45) is 5.92 Å². The Morgan fingerprint density at radius 2 is 1.71 bits per heavy atom. The maximum atomic E-state index is 13.7. The van der Waals surface area contributed by atoms with Crippen LogP contribution in [0.15, 0.2) is 30.3 Å². The summed E-state index contributed by atoms with van der Waals surface area (Å²) in [6.45, 7) is 2.91. The molecular weight excluding hydrogens is 363 g/mol. The lowest BCUT2D eigenvalue weighted by Crippen LogP contribution is -2.14. The van der Waals surface area contributed by atoms with Gasteiger partial charge in [0.2, 0.25) is 5.95 Å². The predicted molar refractivity (Wildman–Crippen MR) is 104 cm³/mol. The van der Waals surface area contributed by atoms with E-state index in [1.807, 2.05) is 0 Å². The summed E-state index contributed by atoms with van der Waals surface area (Å²) in [6, 6.07) is 9.36. The monoisotopic (exact) mass is 391 g/mol. The van der Waals surface area contributed by atoms with Crippen LogP contribution in [-0.4, -0.2) is 11.6 Å². The number of nitrogens with zero attached hydrogens (tertiary/aromatic N) is 1. The number of aromatic nitrogens is 1. The smallest absolute Gasteiger partial charge is 0.251 e. The van der Waals surface area contributed by atoms with Gasteiger partial charge in [-0.2, -0.15) is 13.8 Å². The lowest BCUT2D eigenvalue weighted by atomic mass is 9.77. The quantitative estimate of drug-likeness (QED) is 0.374. The van der Waals surface area contributed by atoms with Crippen LogP contribution < -0.4 is 4.74 Å². The number of unbranched alkanes of at least 4 members (excludes halogenated alkanes) is 1. The Balaban J connectivity index is 1.46. The number of hydrogen-bond acceptors (Lipinski definition) is 2. The SMILES string of the molecule is CCCCOc1ccc(C2CCC(CCc3cc(F)c(F)nc3F)CC2)cc1. The minimum Gasteiger partial charge on any atom is -0.494 e. The van der Waals surface area contributed by atoms with E-state index in [4.69, 9.17) is 4.74 Å². The molecule has 0 saturated heterocycles. The molecule has 152 valence electrons. The fourth-order valence-electron chi connectivity index (χ4n) is 3.97. The average molecular weight is 391 g/mol. The first-order valence-corrected chi connectivity index (χ1v) is 10.3. The molecular formula is C23H28F3NO. The topological polar surface area (TPSA) is 22.1 Å². The summed E-state index contributed by atoms with van der Waals surface area (Å²) in [6.07, 6.45) is 7.70. The van der Waals surface area contributed by atoms with Gasteiger partial charge >= 0.3 is 0 Å². The number of hydrogen-bond donors (Lipinski definition) is 0. The van der Waals surface area contributed by atoms with Crippen molar-refractivity contribution < 1.29 is 17.9 Å². The molecule has 0 radical (unpaired) electrons. The molecule has 1 aliphatic rings. The van der Waals surface area contributed by atoms with E-state index in [1.165, 1.54) is 5.56 Å². The van der Waals surface area contributed by atoms with E-state index in [2.05, 4.69) is 36.2 Å². The molecule has 0 unspecified atom stereocenters. The minimum absolute atomic E-state index is 0.166.